The first-order valence-corrected chi connectivity index (χ1v) is 3.74. The van der Waals surface area contributed by atoms with E-state index in [0.29, 0.717) is 0 Å². The van der Waals surface area contributed by atoms with Gasteiger partial charge in [0.25, 0.3) is 5.91 Å². The highest BCUT2D eigenvalue weighted by Gasteiger charge is 2.08. The Hall–Kier alpha value is -1.32. The predicted molar refractivity (Wildman–Crippen MR) is 43.4 cm³/mol. The minimum absolute atomic E-state index is 0.0591. The van der Waals surface area contributed by atoms with Crippen LogP contribution in [0.1, 0.15) is 24.3 Å². The van der Waals surface area contributed by atoms with Crippen molar-refractivity contribution < 1.29 is 9.18 Å². The molecule has 1 heterocycles. The number of carbonyl (C=O) groups is 1. The molecule has 1 aromatic rings. The van der Waals surface area contributed by atoms with Gasteiger partial charge >= 0.3 is 0 Å². The van der Waals surface area contributed by atoms with Gasteiger partial charge in [-0.15, -0.1) is 0 Å². The summed E-state index contributed by atoms with van der Waals surface area (Å²) in [6, 6.07) is 1.22. The van der Waals surface area contributed by atoms with E-state index in [1.807, 2.05) is 13.8 Å². The van der Waals surface area contributed by atoms with Crippen molar-refractivity contribution in [1.82, 2.24) is 10.3 Å². The molecular formula is C8H11FN2O. The van der Waals surface area contributed by atoms with Crippen LogP contribution in [0.4, 0.5) is 4.39 Å². The molecule has 0 atom stereocenters. The molecule has 0 fully saturated rings. The lowest BCUT2D eigenvalue weighted by molar-refractivity contribution is 0.0938. The topological polar surface area (TPSA) is 44.9 Å². The molecule has 0 bridgehead atoms. The molecule has 1 rings (SSSR count). The van der Waals surface area contributed by atoms with Crippen molar-refractivity contribution in [3.8, 4) is 0 Å². The standard InChI is InChI=1S/C8H11FN2O/c1-5(2)11-8(12)7-3-6(9)4-10-7/h3-5,10H,1-2H3,(H,11,12). The van der Waals surface area contributed by atoms with Crippen LogP contribution in [-0.4, -0.2) is 16.9 Å². The van der Waals surface area contributed by atoms with Crippen molar-refractivity contribution >= 4 is 5.91 Å². The van der Waals surface area contributed by atoms with Crippen LogP contribution in [0.15, 0.2) is 12.3 Å². The van der Waals surface area contributed by atoms with Gasteiger partial charge in [-0.3, -0.25) is 4.79 Å². The van der Waals surface area contributed by atoms with E-state index in [1.165, 1.54) is 0 Å². The first kappa shape index (κ1) is 8.77. The summed E-state index contributed by atoms with van der Waals surface area (Å²) in [7, 11) is 0. The molecule has 3 nitrogen and oxygen atoms in total. The van der Waals surface area contributed by atoms with E-state index < -0.39 is 5.82 Å². The molecule has 12 heavy (non-hydrogen) atoms. The average molecular weight is 170 g/mol. The van der Waals surface area contributed by atoms with E-state index in [0.717, 1.165) is 12.3 Å². The first-order valence-electron chi connectivity index (χ1n) is 3.74. The molecule has 0 aliphatic heterocycles. The van der Waals surface area contributed by atoms with Gasteiger partial charge in [-0.1, -0.05) is 0 Å². The van der Waals surface area contributed by atoms with Gasteiger partial charge in [0.05, 0.1) is 0 Å². The molecule has 4 heteroatoms. The third kappa shape index (κ3) is 2.08. The van der Waals surface area contributed by atoms with Gasteiger partial charge in [0.15, 0.2) is 0 Å². The van der Waals surface area contributed by atoms with Crippen LogP contribution < -0.4 is 5.32 Å². The molecule has 0 saturated heterocycles. The second-order valence-corrected chi connectivity index (χ2v) is 2.86. The Morgan fingerprint density at radius 1 is 1.67 bits per heavy atom. The Kier molecular flexibility index (Phi) is 2.47. The number of H-pyrrole nitrogens is 1. The third-order valence-corrected chi connectivity index (χ3v) is 1.31. The zero-order chi connectivity index (χ0) is 9.14. The maximum Gasteiger partial charge on any atom is 0.267 e. The van der Waals surface area contributed by atoms with E-state index in [2.05, 4.69) is 10.3 Å². The molecule has 0 radical (unpaired) electrons. The molecular weight excluding hydrogens is 159 g/mol. The van der Waals surface area contributed by atoms with Crippen LogP contribution in [-0.2, 0) is 0 Å². The number of aromatic nitrogens is 1. The van der Waals surface area contributed by atoms with Gasteiger partial charge in [-0.05, 0) is 13.8 Å². The third-order valence-electron chi connectivity index (χ3n) is 1.31. The summed E-state index contributed by atoms with van der Waals surface area (Å²) >= 11 is 0. The summed E-state index contributed by atoms with van der Waals surface area (Å²) in [5.74, 6) is -0.710. The van der Waals surface area contributed by atoms with Crippen LogP contribution in [0.2, 0.25) is 0 Å². The van der Waals surface area contributed by atoms with Crippen molar-refractivity contribution in [1.29, 1.82) is 0 Å². The minimum Gasteiger partial charge on any atom is -0.355 e. The Morgan fingerprint density at radius 3 is 2.75 bits per heavy atom. The Morgan fingerprint density at radius 2 is 2.33 bits per heavy atom. The van der Waals surface area contributed by atoms with Crippen LogP contribution in [0.3, 0.4) is 0 Å². The highest BCUT2D eigenvalue weighted by Crippen LogP contribution is 2.00. The second-order valence-electron chi connectivity index (χ2n) is 2.86. The summed E-state index contributed by atoms with van der Waals surface area (Å²) in [5.41, 5.74) is 0.251. The van der Waals surface area contributed by atoms with Crippen LogP contribution >= 0.6 is 0 Å². The van der Waals surface area contributed by atoms with E-state index >= 15 is 0 Å². The lowest BCUT2D eigenvalue weighted by Crippen LogP contribution is -2.30. The minimum atomic E-state index is -0.427. The van der Waals surface area contributed by atoms with Crippen LogP contribution in [0.5, 0.6) is 0 Å². The Labute approximate surface area is 70.0 Å². The maximum atomic E-state index is 12.4. The monoisotopic (exact) mass is 170 g/mol. The number of rotatable bonds is 2. The normalized spacial score (nSPS) is 10.3. The second kappa shape index (κ2) is 3.38. The smallest absolute Gasteiger partial charge is 0.267 e. The highest BCUT2D eigenvalue weighted by molar-refractivity contribution is 5.92. The van der Waals surface area contributed by atoms with Crippen LogP contribution in [0, 0.1) is 5.82 Å². The van der Waals surface area contributed by atoms with Gasteiger partial charge in [-0.2, -0.15) is 0 Å². The summed E-state index contributed by atoms with van der Waals surface area (Å²) in [6.45, 7) is 3.69. The van der Waals surface area contributed by atoms with Crippen molar-refractivity contribution in [3.05, 3.63) is 23.8 Å². The summed E-state index contributed by atoms with van der Waals surface area (Å²) in [6.07, 6.45) is 1.15. The predicted octanol–water partition coefficient (Wildman–Crippen LogP) is 1.29. The largest absolute Gasteiger partial charge is 0.355 e. The molecule has 1 amide bonds. The number of halogens is 1. The molecule has 66 valence electrons. The van der Waals surface area contributed by atoms with Gasteiger partial charge < -0.3 is 10.3 Å². The Balaban J connectivity index is 2.65. The number of nitrogens with one attached hydrogen (secondary N) is 2. The van der Waals surface area contributed by atoms with E-state index in [-0.39, 0.29) is 17.6 Å². The molecule has 2 N–H and O–H groups in total. The van der Waals surface area contributed by atoms with Gasteiger partial charge in [0, 0.05) is 18.3 Å². The fourth-order valence-electron chi connectivity index (χ4n) is 0.839. The van der Waals surface area contributed by atoms with Gasteiger partial charge in [0.2, 0.25) is 0 Å². The molecule has 0 spiro atoms. The lowest BCUT2D eigenvalue weighted by Gasteiger charge is -2.05. The molecule has 0 aromatic carbocycles. The summed E-state index contributed by atoms with van der Waals surface area (Å²) in [4.78, 5) is 13.7. The van der Waals surface area contributed by atoms with Gasteiger partial charge in [0.1, 0.15) is 11.5 Å². The highest BCUT2D eigenvalue weighted by atomic mass is 19.1. The fraction of sp³-hybridized carbons (Fsp3) is 0.375. The van der Waals surface area contributed by atoms with Crippen molar-refractivity contribution in [2.45, 2.75) is 19.9 Å². The quantitative estimate of drug-likeness (QED) is 0.690. The van der Waals surface area contributed by atoms with Crippen molar-refractivity contribution in [2.24, 2.45) is 0 Å². The SMILES string of the molecule is CC(C)NC(=O)c1cc(F)c[nH]1. The molecule has 0 unspecified atom stereocenters. The zero-order valence-electron chi connectivity index (χ0n) is 7.02. The van der Waals surface area contributed by atoms with E-state index in [9.17, 15) is 9.18 Å². The number of hydrogen-bond donors (Lipinski definition) is 2. The molecule has 0 aliphatic carbocycles. The summed E-state index contributed by atoms with van der Waals surface area (Å²) < 4.78 is 12.4. The average Bonchev–Trinajstić information content (AvgIpc) is 2.34. The van der Waals surface area contributed by atoms with E-state index in [1.54, 1.807) is 0 Å². The molecule has 0 aliphatic rings. The zero-order valence-corrected chi connectivity index (χ0v) is 7.02. The fourth-order valence-corrected chi connectivity index (χ4v) is 0.839. The molecule has 1 aromatic heterocycles. The number of hydrogen-bond acceptors (Lipinski definition) is 1. The number of aromatic amines is 1. The molecule has 0 saturated carbocycles. The van der Waals surface area contributed by atoms with E-state index in [4.69, 9.17) is 0 Å². The lowest BCUT2D eigenvalue weighted by atomic mass is 10.3. The number of carbonyl (C=O) groups excluding carboxylic acids is 1. The maximum absolute atomic E-state index is 12.4. The van der Waals surface area contributed by atoms with Crippen molar-refractivity contribution in [2.75, 3.05) is 0 Å². The van der Waals surface area contributed by atoms with Crippen LogP contribution in [0.25, 0.3) is 0 Å². The number of amides is 1. The first-order chi connectivity index (χ1) is 5.59. The Bertz CT molecular complexity index is 280. The van der Waals surface area contributed by atoms with Crippen molar-refractivity contribution in [3.63, 3.8) is 0 Å². The summed E-state index contributed by atoms with van der Waals surface area (Å²) in [5, 5.41) is 2.64. The van der Waals surface area contributed by atoms with Gasteiger partial charge in [-0.25, -0.2) is 4.39 Å².